The van der Waals surface area contributed by atoms with Crippen molar-refractivity contribution in [2.24, 2.45) is 5.73 Å². The van der Waals surface area contributed by atoms with Crippen LogP contribution in [-0.4, -0.2) is 18.5 Å². The topological polar surface area (TPSA) is 69.4 Å². The zero-order chi connectivity index (χ0) is 12.0. The monoisotopic (exact) mass is 221 g/mol. The van der Waals surface area contributed by atoms with Crippen LogP contribution in [0.4, 0.5) is 0 Å². The lowest BCUT2D eigenvalue weighted by atomic mass is 10.1. The lowest BCUT2D eigenvalue weighted by Gasteiger charge is -2.04. The molecule has 4 nitrogen and oxygen atoms in total. The van der Waals surface area contributed by atoms with Gasteiger partial charge in [-0.2, -0.15) is 0 Å². The van der Waals surface area contributed by atoms with Crippen LogP contribution in [0.15, 0.2) is 24.3 Å². The molecule has 1 aromatic carbocycles. The molecular weight excluding hydrogens is 206 g/mol. The second-order valence-corrected chi connectivity index (χ2v) is 3.58. The highest BCUT2D eigenvalue weighted by Crippen LogP contribution is 2.06. The average molecular weight is 221 g/mol. The average Bonchev–Trinajstić information content (AvgIpc) is 2.24. The fourth-order valence-corrected chi connectivity index (χ4v) is 1.27. The van der Waals surface area contributed by atoms with Gasteiger partial charge in [0.15, 0.2) is 0 Å². The Morgan fingerprint density at radius 1 is 1.38 bits per heavy atom. The first-order valence-electron chi connectivity index (χ1n) is 5.11. The molecule has 4 heteroatoms. The van der Waals surface area contributed by atoms with Gasteiger partial charge in [-0.1, -0.05) is 17.7 Å². The molecule has 0 atom stereocenters. The maximum Gasteiger partial charge on any atom is 0.338 e. The molecule has 0 fully saturated rings. The number of ether oxygens (including phenoxy) is 1. The van der Waals surface area contributed by atoms with Crippen molar-refractivity contribution in [1.82, 2.24) is 0 Å². The van der Waals surface area contributed by atoms with Gasteiger partial charge in [0, 0.05) is 6.42 Å². The number of carbonyl (C=O) groups excluding carboxylic acids is 2. The van der Waals surface area contributed by atoms with E-state index in [1.165, 1.54) is 0 Å². The van der Waals surface area contributed by atoms with Crippen molar-refractivity contribution in [3.05, 3.63) is 35.4 Å². The van der Waals surface area contributed by atoms with Crippen molar-refractivity contribution in [2.75, 3.05) is 6.61 Å². The van der Waals surface area contributed by atoms with E-state index in [2.05, 4.69) is 0 Å². The molecule has 0 aromatic heterocycles. The number of nitrogens with two attached hydrogens (primary N) is 1. The summed E-state index contributed by atoms with van der Waals surface area (Å²) in [4.78, 5) is 21.9. The van der Waals surface area contributed by atoms with Gasteiger partial charge in [-0.05, 0) is 25.5 Å². The molecule has 16 heavy (non-hydrogen) atoms. The molecule has 0 unspecified atom stereocenters. The summed E-state index contributed by atoms with van der Waals surface area (Å²) in [5.74, 6) is -0.750. The summed E-state index contributed by atoms with van der Waals surface area (Å²) in [6, 6.07) is 7.17. The number of carbonyl (C=O) groups is 2. The molecule has 0 saturated carbocycles. The van der Waals surface area contributed by atoms with E-state index in [-0.39, 0.29) is 24.9 Å². The van der Waals surface area contributed by atoms with Crippen LogP contribution in [0.3, 0.4) is 0 Å². The molecule has 0 spiro atoms. The van der Waals surface area contributed by atoms with Crippen molar-refractivity contribution in [2.45, 2.75) is 19.8 Å². The normalized spacial score (nSPS) is 9.81. The number of amides is 1. The SMILES string of the molecule is Cc1cccc(C(=O)OCCCC(N)=O)c1. The Morgan fingerprint density at radius 3 is 2.75 bits per heavy atom. The maximum atomic E-state index is 11.5. The van der Waals surface area contributed by atoms with Gasteiger partial charge in [-0.3, -0.25) is 4.79 Å². The molecule has 0 radical (unpaired) electrons. The summed E-state index contributed by atoms with van der Waals surface area (Å²) >= 11 is 0. The molecular formula is C12H15NO3. The van der Waals surface area contributed by atoms with Gasteiger partial charge < -0.3 is 10.5 Å². The third-order valence-electron chi connectivity index (χ3n) is 2.05. The Hall–Kier alpha value is -1.84. The third kappa shape index (κ3) is 4.13. The lowest BCUT2D eigenvalue weighted by Crippen LogP contribution is -2.12. The van der Waals surface area contributed by atoms with Crippen LogP contribution in [0.5, 0.6) is 0 Å². The van der Waals surface area contributed by atoms with Crippen molar-refractivity contribution < 1.29 is 14.3 Å². The summed E-state index contributed by atoms with van der Waals surface area (Å²) in [7, 11) is 0. The van der Waals surface area contributed by atoms with E-state index in [0.29, 0.717) is 12.0 Å². The molecule has 0 aliphatic carbocycles. The highest BCUT2D eigenvalue weighted by molar-refractivity contribution is 5.89. The minimum atomic E-state index is -0.383. The van der Waals surface area contributed by atoms with Crippen LogP contribution < -0.4 is 5.73 Å². The fourth-order valence-electron chi connectivity index (χ4n) is 1.27. The Kier molecular flexibility index (Phi) is 4.51. The number of rotatable bonds is 5. The van der Waals surface area contributed by atoms with Crippen LogP contribution in [0.1, 0.15) is 28.8 Å². The quantitative estimate of drug-likeness (QED) is 0.603. The van der Waals surface area contributed by atoms with Gasteiger partial charge in [0.2, 0.25) is 5.91 Å². The largest absolute Gasteiger partial charge is 0.462 e. The number of benzene rings is 1. The zero-order valence-corrected chi connectivity index (χ0v) is 9.23. The van der Waals surface area contributed by atoms with E-state index in [1.807, 2.05) is 13.0 Å². The maximum absolute atomic E-state index is 11.5. The standard InChI is InChI=1S/C12H15NO3/c1-9-4-2-5-10(8-9)12(15)16-7-3-6-11(13)14/h2,4-5,8H,3,6-7H2,1H3,(H2,13,14). The smallest absolute Gasteiger partial charge is 0.338 e. The highest BCUT2D eigenvalue weighted by Gasteiger charge is 2.06. The zero-order valence-electron chi connectivity index (χ0n) is 9.23. The first kappa shape index (κ1) is 12.2. The van der Waals surface area contributed by atoms with Crippen molar-refractivity contribution in [3.8, 4) is 0 Å². The first-order chi connectivity index (χ1) is 7.59. The molecule has 1 aromatic rings. The number of primary amides is 1. The Morgan fingerprint density at radius 2 is 2.12 bits per heavy atom. The van der Waals surface area contributed by atoms with E-state index in [9.17, 15) is 9.59 Å². The number of aryl methyl sites for hydroxylation is 1. The van der Waals surface area contributed by atoms with E-state index >= 15 is 0 Å². The predicted molar refractivity (Wildman–Crippen MR) is 59.9 cm³/mol. The van der Waals surface area contributed by atoms with Crippen LogP contribution in [-0.2, 0) is 9.53 Å². The van der Waals surface area contributed by atoms with Crippen LogP contribution >= 0.6 is 0 Å². The summed E-state index contributed by atoms with van der Waals surface area (Å²) < 4.78 is 4.99. The van der Waals surface area contributed by atoms with Gasteiger partial charge in [0.1, 0.15) is 0 Å². The first-order valence-corrected chi connectivity index (χ1v) is 5.11. The van der Waals surface area contributed by atoms with E-state index in [0.717, 1.165) is 5.56 Å². The van der Waals surface area contributed by atoms with Crippen LogP contribution in [0.2, 0.25) is 0 Å². The van der Waals surface area contributed by atoms with Crippen LogP contribution in [0.25, 0.3) is 0 Å². The Labute approximate surface area is 94.4 Å². The molecule has 1 rings (SSSR count). The molecule has 0 bridgehead atoms. The Balaban J connectivity index is 2.38. The van der Waals surface area contributed by atoms with Gasteiger partial charge in [0.25, 0.3) is 0 Å². The highest BCUT2D eigenvalue weighted by atomic mass is 16.5. The third-order valence-corrected chi connectivity index (χ3v) is 2.05. The second-order valence-electron chi connectivity index (χ2n) is 3.58. The van der Waals surface area contributed by atoms with Crippen molar-refractivity contribution >= 4 is 11.9 Å². The summed E-state index contributed by atoms with van der Waals surface area (Å²) in [6.07, 6.45) is 0.702. The molecule has 1 amide bonds. The fraction of sp³-hybridized carbons (Fsp3) is 0.333. The Bertz CT molecular complexity index is 388. The predicted octanol–water partition coefficient (Wildman–Crippen LogP) is 1.42. The molecule has 0 saturated heterocycles. The second kappa shape index (κ2) is 5.90. The van der Waals surface area contributed by atoms with Gasteiger partial charge in [-0.25, -0.2) is 4.79 Å². The molecule has 2 N–H and O–H groups in total. The molecule has 0 aliphatic heterocycles. The van der Waals surface area contributed by atoms with Crippen LogP contribution in [0, 0.1) is 6.92 Å². The summed E-state index contributed by atoms with van der Waals surface area (Å²) in [5.41, 5.74) is 6.49. The number of hydrogen-bond donors (Lipinski definition) is 1. The van der Waals surface area contributed by atoms with Crippen molar-refractivity contribution in [1.29, 1.82) is 0 Å². The van der Waals surface area contributed by atoms with E-state index in [1.54, 1.807) is 18.2 Å². The van der Waals surface area contributed by atoms with E-state index in [4.69, 9.17) is 10.5 Å². The molecule has 0 aliphatic rings. The number of hydrogen-bond acceptors (Lipinski definition) is 3. The van der Waals surface area contributed by atoms with Gasteiger partial charge >= 0.3 is 5.97 Å². The summed E-state index contributed by atoms with van der Waals surface area (Å²) in [5, 5.41) is 0. The number of esters is 1. The van der Waals surface area contributed by atoms with E-state index < -0.39 is 0 Å². The lowest BCUT2D eigenvalue weighted by molar-refractivity contribution is -0.118. The minimum absolute atomic E-state index is 0.218. The van der Waals surface area contributed by atoms with Gasteiger partial charge in [0.05, 0.1) is 12.2 Å². The van der Waals surface area contributed by atoms with Gasteiger partial charge in [-0.15, -0.1) is 0 Å². The van der Waals surface area contributed by atoms with Crippen molar-refractivity contribution in [3.63, 3.8) is 0 Å². The minimum Gasteiger partial charge on any atom is -0.462 e. The molecule has 0 heterocycles. The molecule has 86 valence electrons. The summed E-state index contributed by atoms with van der Waals surface area (Å²) in [6.45, 7) is 2.12.